The summed E-state index contributed by atoms with van der Waals surface area (Å²) in [6.07, 6.45) is 3.96. The van der Waals surface area contributed by atoms with Crippen LogP contribution in [-0.2, 0) is 22.7 Å². The fourth-order valence-corrected chi connectivity index (χ4v) is 6.29. The number of allylic oxidation sites excluding steroid dienone is 1. The summed E-state index contributed by atoms with van der Waals surface area (Å²) < 4.78 is 37.2. The van der Waals surface area contributed by atoms with Gasteiger partial charge in [0.15, 0.2) is 5.82 Å². The maximum absolute atomic E-state index is 16.6. The standard InChI is InChI=1S/C28H29F2N5OS.CH2O/c1-14(2)23-18(8-33-16(4)35-6-5-15(3)10-35)19-11-36-12-20(19)24(26(23)30)27-25-17(7-31)22(32)13-37-28(25)21(29)9-34-27;1-2/h8-9,15H,5-6,10-13,32H2,1-4H3;1H2/b18-8-,33-16?;. The first kappa shape index (κ1) is 28.5. The molecule has 2 N–H and O–H groups in total. The molecule has 1 aromatic carbocycles. The number of aromatic nitrogens is 1. The molecule has 4 heterocycles. The number of benzene rings is 1. The Morgan fingerprint density at radius 3 is 2.64 bits per heavy atom. The summed E-state index contributed by atoms with van der Waals surface area (Å²) in [5.41, 5.74) is 9.51. The van der Waals surface area contributed by atoms with E-state index >= 15 is 4.39 Å². The van der Waals surface area contributed by atoms with Crippen molar-refractivity contribution in [2.24, 2.45) is 16.6 Å². The Bertz CT molecular complexity index is 1560. The Morgan fingerprint density at radius 1 is 1.28 bits per heavy atom. The molecule has 3 aliphatic rings. The lowest BCUT2D eigenvalue weighted by molar-refractivity contribution is -0.0980. The van der Waals surface area contributed by atoms with E-state index < -0.39 is 11.6 Å². The van der Waals surface area contributed by atoms with Gasteiger partial charge in [0.05, 0.1) is 35.6 Å². The fourth-order valence-electron chi connectivity index (χ4n) is 5.31. The summed E-state index contributed by atoms with van der Waals surface area (Å²) in [5, 5.41) is 11.0. The molecular formula is C29H31F2N5O2S. The van der Waals surface area contributed by atoms with Gasteiger partial charge in [-0.2, -0.15) is 5.26 Å². The molecule has 0 spiro atoms. The summed E-state index contributed by atoms with van der Waals surface area (Å²) in [5.74, 6) is 0.767. The molecule has 0 radical (unpaired) electrons. The van der Waals surface area contributed by atoms with Crippen molar-refractivity contribution < 1.29 is 18.3 Å². The predicted molar refractivity (Wildman–Crippen MR) is 150 cm³/mol. The molecule has 5 rings (SSSR count). The number of carbonyl (C=O) groups excluding carboxylic acids is 1. The maximum atomic E-state index is 16.6. The van der Waals surface area contributed by atoms with Crippen LogP contribution in [-0.4, -0.2) is 41.4 Å². The number of thioether (sulfide) groups is 1. The van der Waals surface area contributed by atoms with Crippen LogP contribution in [0.5, 0.6) is 0 Å². The second-order valence-electron chi connectivity index (χ2n) is 10.0. The number of amidine groups is 1. The van der Waals surface area contributed by atoms with Crippen LogP contribution >= 0.6 is 11.8 Å². The van der Waals surface area contributed by atoms with Crippen molar-refractivity contribution >= 4 is 41.7 Å². The fraction of sp³-hybridized carbons (Fsp3) is 0.379. The molecule has 2 aromatic rings. The number of hydrogen-bond donors (Lipinski definition) is 1. The van der Waals surface area contributed by atoms with Crippen molar-refractivity contribution in [3.63, 3.8) is 0 Å². The van der Waals surface area contributed by atoms with Gasteiger partial charge in [-0.15, -0.1) is 11.8 Å². The van der Waals surface area contributed by atoms with Gasteiger partial charge >= 0.3 is 0 Å². The minimum atomic E-state index is -0.554. The van der Waals surface area contributed by atoms with Crippen LogP contribution in [0, 0.1) is 28.9 Å². The van der Waals surface area contributed by atoms with Crippen molar-refractivity contribution in [1.29, 1.82) is 5.26 Å². The molecule has 10 heteroatoms. The maximum Gasteiger partial charge on any atom is 0.155 e. The first-order chi connectivity index (χ1) is 18.7. The zero-order chi connectivity index (χ0) is 28.4. The first-order valence-corrected chi connectivity index (χ1v) is 13.6. The van der Waals surface area contributed by atoms with Gasteiger partial charge < -0.3 is 20.2 Å². The molecule has 3 aliphatic heterocycles. The van der Waals surface area contributed by atoms with Gasteiger partial charge in [-0.1, -0.05) is 12.5 Å². The Labute approximate surface area is 230 Å². The average Bonchev–Trinajstić information content (AvgIpc) is 3.58. The third-order valence-corrected chi connectivity index (χ3v) is 8.38. The third kappa shape index (κ3) is 5.09. The van der Waals surface area contributed by atoms with E-state index in [1.165, 1.54) is 11.8 Å². The highest BCUT2D eigenvalue weighted by molar-refractivity contribution is 7.99. The molecule has 0 aliphatic carbocycles. The summed E-state index contributed by atoms with van der Waals surface area (Å²) in [6, 6.07) is 2.09. The lowest BCUT2D eigenvalue weighted by Gasteiger charge is -2.21. The number of pyridine rings is 1. The molecule has 1 aromatic heterocycles. The topological polar surface area (TPSA) is 105 Å². The van der Waals surface area contributed by atoms with Gasteiger partial charge in [0, 0.05) is 52.3 Å². The molecule has 1 saturated heterocycles. The van der Waals surface area contributed by atoms with Crippen LogP contribution in [0.2, 0.25) is 0 Å². The Kier molecular flexibility index (Phi) is 8.52. The molecule has 1 unspecified atom stereocenters. The number of rotatable bonds is 2. The molecule has 39 heavy (non-hydrogen) atoms. The zero-order valence-electron chi connectivity index (χ0n) is 22.5. The first-order valence-electron chi connectivity index (χ1n) is 12.6. The number of hydrogen-bond acceptors (Lipinski definition) is 7. The molecule has 1 fully saturated rings. The van der Waals surface area contributed by atoms with Crippen LogP contribution in [0.1, 0.15) is 50.8 Å². The lowest BCUT2D eigenvalue weighted by atomic mass is 9.90. The summed E-state index contributed by atoms with van der Waals surface area (Å²) >= 11 is 1.19. The van der Waals surface area contributed by atoms with E-state index in [1.54, 1.807) is 6.20 Å². The second kappa shape index (κ2) is 11.7. The lowest BCUT2D eigenvalue weighted by Crippen LogP contribution is -2.35. The number of nitrogens with zero attached hydrogens (tertiary/aromatic N) is 4. The smallest absolute Gasteiger partial charge is 0.155 e. The highest BCUT2D eigenvalue weighted by atomic mass is 32.2. The number of fused-ring (bicyclic) bond motifs is 2. The highest BCUT2D eigenvalue weighted by Gasteiger charge is 2.31. The van der Waals surface area contributed by atoms with Gasteiger partial charge in [-0.3, -0.25) is 4.98 Å². The zero-order valence-corrected chi connectivity index (χ0v) is 23.3. The normalized spacial score (nSPS) is 18.9. The van der Waals surface area contributed by atoms with Crippen LogP contribution in [0.3, 0.4) is 0 Å². The van der Waals surface area contributed by atoms with E-state index in [2.05, 4.69) is 22.9 Å². The SMILES string of the molecule is C=O.CC(=N/C=c1/c2c(c(-c3ncc(F)c4c3C(C#N)=C(N)CS4)c(F)c1=C(C)C)COC2)N1CCC(C)C1. The van der Waals surface area contributed by atoms with E-state index in [-0.39, 0.29) is 39.6 Å². The quantitative estimate of drug-likeness (QED) is 0.447. The Balaban J connectivity index is 0.00000172. The average molecular weight is 552 g/mol. The number of ether oxygens (including phenoxy) is 1. The molecular weight excluding hydrogens is 520 g/mol. The number of halogens is 2. The molecule has 0 amide bonds. The van der Waals surface area contributed by atoms with Crippen molar-refractivity contribution in [3.8, 4) is 17.3 Å². The Hall–Kier alpha value is -3.55. The van der Waals surface area contributed by atoms with Crippen molar-refractivity contribution in [2.45, 2.75) is 52.2 Å². The van der Waals surface area contributed by atoms with E-state index in [9.17, 15) is 9.65 Å². The van der Waals surface area contributed by atoms with E-state index in [4.69, 9.17) is 20.3 Å². The number of aliphatic imine (C=N–C) groups is 1. The van der Waals surface area contributed by atoms with E-state index in [0.29, 0.717) is 34.2 Å². The van der Waals surface area contributed by atoms with Gasteiger partial charge in [0.1, 0.15) is 24.5 Å². The van der Waals surface area contributed by atoms with Gasteiger partial charge in [-0.05, 0) is 44.2 Å². The second-order valence-corrected chi connectivity index (χ2v) is 11.0. The minimum absolute atomic E-state index is 0.136. The van der Waals surface area contributed by atoms with Crippen molar-refractivity contribution in [2.75, 3.05) is 18.8 Å². The van der Waals surface area contributed by atoms with Crippen molar-refractivity contribution in [3.05, 3.63) is 50.7 Å². The number of nitriles is 1. The molecule has 7 nitrogen and oxygen atoms in total. The predicted octanol–water partition coefficient (Wildman–Crippen LogP) is 3.86. The van der Waals surface area contributed by atoms with Crippen molar-refractivity contribution in [1.82, 2.24) is 9.88 Å². The monoisotopic (exact) mass is 551 g/mol. The minimum Gasteiger partial charge on any atom is -0.400 e. The highest BCUT2D eigenvalue weighted by Crippen LogP contribution is 2.43. The summed E-state index contributed by atoms with van der Waals surface area (Å²) in [7, 11) is 0. The Morgan fingerprint density at radius 2 is 2.00 bits per heavy atom. The molecule has 204 valence electrons. The van der Waals surface area contributed by atoms with Gasteiger partial charge in [0.2, 0.25) is 0 Å². The number of carbonyl (C=O) groups is 1. The number of nitrogens with two attached hydrogens (primary N) is 1. The van der Waals surface area contributed by atoms with E-state index in [1.807, 2.05) is 27.6 Å². The third-order valence-electron chi connectivity index (χ3n) is 7.23. The van der Waals surface area contributed by atoms with Crippen LogP contribution in [0.25, 0.3) is 28.6 Å². The van der Waals surface area contributed by atoms with Crippen LogP contribution in [0.4, 0.5) is 8.78 Å². The molecule has 0 bridgehead atoms. The largest absolute Gasteiger partial charge is 0.400 e. The summed E-state index contributed by atoms with van der Waals surface area (Å²) in [4.78, 5) is 19.6. The summed E-state index contributed by atoms with van der Waals surface area (Å²) in [6.45, 7) is 12.3. The number of likely N-dealkylation sites (tertiary alicyclic amines) is 1. The van der Waals surface area contributed by atoms with E-state index in [0.717, 1.165) is 42.7 Å². The van der Waals surface area contributed by atoms with Crippen LogP contribution in [0.15, 0.2) is 21.8 Å². The van der Waals surface area contributed by atoms with Crippen LogP contribution < -0.4 is 16.2 Å². The molecule has 1 atom stereocenters. The molecule has 0 saturated carbocycles. The van der Waals surface area contributed by atoms with Gasteiger partial charge in [-0.25, -0.2) is 13.8 Å². The van der Waals surface area contributed by atoms with Gasteiger partial charge in [0.25, 0.3) is 0 Å².